The third-order valence-electron chi connectivity index (χ3n) is 3.37. The second-order valence-electron chi connectivity index (χ2n) is 4.64. The van der Waals surface area contributed by atoms with Gasteiger partial charge in [-0.1, -0.05) is 0 Å². The number of rotatable bonds is 2. The molecule has 102 valence electrons. The maximum absolute atomic E-state index is 13.0. The van der Waals surface area contributed by atoms with Crippen LogP contribution in [-0.4, -0.2) is 35.0 Å². The van der Waals surface area contributed by atoms with Crippen molar-refractivity contribution in [3.05, 3.63) is 29.6 Å². The van der Waals surface area contributed by atoms with Gasteiger partial charge in [0.05, 0.1) is 11.6 Å². The predicted molar refractivity (Wildman–Crippen MR) is 67.1 cm³/mol. The van der Waals surface area contributed by atoms with Crippen LogP contribution in [0.5, 0.6) is 0 Å². The Kier molecular flexibility index (Phi) is 3.69. The number of carboxylic acids is 1. The molecule has 1 aromatic rings. The number of nitrogens with zero attached hydrogens (tertiary/aromatic N) is 1. The largest absolute Gasteiger partial charge is 0.481 e. The zero-order chi connectivity index (χ0) is 14.0. The van der Waals surface area contributed by atoms with E-state index in [0.717, 1.165) is 6.07 Å². The summed E-state index contributed by atoms with van der Waals surface area (Å²) in [6.45, 7) is 0.792. The third kappa shape index (κ3) is 2.83. The number of anilines is 1. The van der Waals surface area contributed by atoms with Gasteiger partial charge in [0.25, 0.3) is 5.91 Å². The first kappa shape index (κ1) is 13.3. The van der Waals surface area contributed by atoms with Crippen LogP contribution in [0.3, 0.4) is 0 Å². The molecule has 1 aromatic carbocycles. The summed E-state index contributed by atoms with van der Waals surface area (Å²) < 4.78 is 13.0. The summed E-state index contributed by atoms with van der Waals surface area (Å²) in [5.41, 5.74) is 5.69. The molecule has 1 fully saturated rings. The minimum absolute atomic E-state index is 0.0636. The Labute approximate surface area is 109 Å². The molecule has 0 unspecified atom stereocenters. The van der Waals surface area contributed by atoms with Crippen molar-refractivity contribution < 1.29 is 19.1 Å². The lowest BCUT2D eigenvalue weighted by Gasteiger charge is -2.30. The molecule has 1 aliphatic heterocycles. The molecule has 1 saturated heterocycles. The van der Waals surface area contributed by atoms with Crippen molar-refractivity contribution in [3.8, 4) is 0 Å². The third-order valence-corrected chi connectivity index (χ3v) is 3.37. The highest BCUT2D eigenvalue weighted by Gasteiger charge is 2.27. The fraction of sp³-hybridized carbons (Fsp3) is 0.385. The maximum atomic E-state index is 13.0. The van der Waals surface area contributed by atoms with Crippen molar-refractivity contribution in [1.29, 1.82) is 0 Å². The Morgan fingerprint density at radius 2 is 1.95 bits per heavy atom. The van der Waals surface area contributed by atoms with Crippen LogP contribution in [0.1, 0.15) is 23.2 Å². The number of halogens is 1. The number of amides is 1. The topological polar surface area (TPSA) is 83.6 Å². The highest BCUT2D eigenvalue weighted by atomic mass is 19.1. The van der Waals surface area contributed by atoms with Gasteiger partial charge in [-0.25, -0.2) is 4.39 Å². The lowest BCUT2D eigenvalue weighted by molar-refractivity contribution is -0.143. The van der Waals surface area contributed by atoms with E-state index in [-0.39, 0.29) is 17.5 Å². The second kappa shape index (κ2) is 5.26. The van der Waals surface area contributed by atoms with Crippen LogP contribution in [0.4, 0.5) is 10.1 Å². The molecule has 0 atom stereocenters. The number of aliphatic carboxylic acids is 1. The molecule has 1 amide bonds. The molecule has 0 aromatic heterocycles. The number of carboxylic acid groups (broad SMARTS) is 1. The maximum Gasteiger partial charge on any atom is 0.306 e. The average molecular weight is 266 g/mol. The predicted octanol–water partition coefficient (Wildman–Crippen LogP) is 1.34. The van der Waals surface area contributed by atoms with Gasteiger partial charge in [-0.3, -0.25) is 9.59 Å². The van der Waals surface area contributed by atoms with Crippen molar-refractivity contribution in [2.45, 2.75) is 12.8 Å². The number of nitrogens with two attached hydrogens (primary N) is 1. The van der Waals surface area contributed by atoms with Crippen LogP contribution in [-0.2, 0) is 4.79 Å². The fourth-order valence-corrected chi connectivity index (χ4v) is 2.19. The molecule has 0 saturated carbocycles. The zero-order valence-corrected chi connectivity index (χ0v) is 10.3. The Morgan fingerprint density at radius 1 is 1.32 bits per heavy atom. The van der Waals surface area contributed by atoms with Gasteiger partial charge in [0.1, 0.15) is 5.82 Å². The second-order valence-corrected chi connectivity index (χ2v) is 4.64. The molecule has 19 heavy (non-hydrogen) atoms. The van der Waals surface area contributed by atoms with E-state index in [9.17, 15) is 14.0 Å². The molecule has 5 nitrogen and oxygen atoms in total. The van der Waals surface area contributed by atoms with Gasteiger partial charge in [0, 0.05) is 18.7 Å². The SMILES string of the molecule is Nc1cc(C(=O)N2CCC(C(=O)O)CC2)ccc1F. The molecule has 1 heterocycles. The first-order valence-corrected chi connectivity index (χ1v) is 6.06. The van der Waals surface area contributed by atoms with Crippen molar-refractivity contribution in [3.63, 3.8) is 0 Å². The standard InChI is InChI=1S/C13H15FN2O3/c14-10-2-1-9(7-11(10)15)12(17)16-5-3-8(4-6-16)13(18)19/h1-2,7-8H,3-6,15H2,(H,18,19). The van der Waals surface area contributed by atoms with Crippen molar-refractivity contribution >= 4 is 17.6 Å². The minimum Gasteiger partial charge on any atom is -0.481 e. The first-order chi connectivity index (χ1) is 8.99. The smallest absolute Gasteiger partial charge is 0.306 e. The summed E-state index contributed by atoms with van der Waals surface area (Å²) in [6.07, 6.45) is 0.884. The summed E-state index contributed by atoms with van der Waals surface area (Å²) in [5, 5.41) is 8.89. The van der Waals surface area contributed by atoms with Gasteiger partial charge in [-0.15, -0.1) is 0 Å². The average Bonchev–Trinajstić information content (AvgIpc) is 2.41. The Morgan fingerprint density at radius 3 is 2.47 bits per heavy atom. The Balaban J connectivity index is 2.05. The van der Waals surface area contributed by atoms with E-state index in [4.69, 9.17) is 10.8 Å². The van der Waals surface area contributed by atoms with E-state index in [1.165, 1.54) is 12.1 Å². The van der Waals surface area contributed by atoms with E-state index >= 15 is 0 Å². The first-order valence-electron chi connectivity index (χ1n) is 6.06. The summed E-state index contributed by atoms with van der Waals surface area (Å²) in [6, 6.07) is 3.85. The van der Waals surface area contributed by atoms with Crippen LogP contribution in [0, 0.1) is 11.7 Å². The van der Waals surface area contributed by atoms with Crippen LogP contribution in [0.25, 0.3) is 0 Å². The monoisotopic (exact) mass is 266 g/mol. The summed E-state index contributed by atoms with van der Waals surface area (Å²) in [5.74, 6) is -2.00. The van der Waals surface area contributed by atoms with E-state index < -0.39 is 11.8 Å². The minimum atomic E-state index is -0.821. The van der Waals surface area contributed by atoms with Gasteiger partial charge in [-0.05, 0) is 31.0 Å². The summed E-state index contributed by atoms with van der Waals surface area (Å²) in [7, 11) is 0. The lowest BCUT2D eigenvalue weighted by Crippen LogP contribution is -2.40. The van der Waals surface area contributed by atoms with E-state index in [2.05, 4.69) is 0 Å². The van der Waals surface area contributed by atoms with Crippen LogP contribution < -0.4 is 5.73 Å². The molecular weight excluding hydrogens is 251 g/mol. The highest BCUT2D eigenvalue weighted by molar-refractivity contribution is 5.95. The van der Waals surface area contributed by atoms with Gasteiger partial charge < -0.3 is 15.7 Å². The number of nitrogen functional groups attached to an aromatic ring is 1. The normalized spacial score (nSPS) is 16.4. The van der Waals surface area contributed by atoms with Crippen molar-refractivity contribution in [2.75, 3.05) is 18.8 Å². The van der Waals surface area contributed by atoms with E-state index in [1.807, 2.05) is 0 Å². The number of likely N-dealkylation sites (tertiary alicyclic amines) is 1. The number of hydrogen-bond donors (Lipinski definition) is 2. The van der Waals surface area contributed by atoms with Crippen LogP contribution >= 0.6 is 0 Å². The van der Waals surface area contributed by atoms with E-state index in [0.29, 0.717) is 31.5 Å². The molecule has 0 aliphatic carbocycles. The van der Waals surface area contributed by atoms with Gasteiger partial charge in [0.2, 0.25) is 0 Å². The number of hydrogen-bond acceptors (Lipinski definition) is 3. The Hall–Kier alpha value is -2.11. The number of carbonyl (C=O) groups excluding carboxylic acids is 1. The summed E-state index contributed by atoms with van der Waals surface area (Å²) in [4.78, 5) is 24.5. The molecule has 0 bridgehead atoms. The van der Waals surface area contributed by atoms with Crippen molar-refractivity contribution in [2.24, 2.45) is 5.92 Å². The zero-order valence-electron chi connectivity index (χ0n) is 10.3. The fourth-order valence-electron chi connectivity index (χ4n) is 2.19. The van der Waals surface area contributed by atoms with Crippen molar-refractivity contribution in [1.82, 2.24) is 4.90 Å². The van der Waals surface area contributed by atoms with Gasteiger partial charge in [-0.2, -0.15) is 0 Å². The Bertz CT molecular complexity index is 511. The molecule has 6 heteroatoms. The number of piperidine rings is 1. The molecular formula is C13H15FN2O3. The lowest BCUT2D eigenvalue weighted by atomic mass is 9.96. The highest BCUT2D eigenvalue weighted by Crippen LogP contribution is 2.20. The van der Waals surface area contributed by atoms with Gasteiger partial charge >= 0.3 is 5.97 Å². The molecule has 0 spiro atoms. The molecule has 1 aliphatic rings. The summed E-state index contributed by atoms with van der Waals surface area (Å²) >= 11 is 0. The molecule has 2 rings (SSSR count). The number of carbonyl (C=O) groups is 2. The molecule has 0 radical (unpaired) electrons. The van der Waals surface area contributed by atoms with Crippen LogP contribution in [0.2, 0.25) is 0 Å². The van der Waals surface area contributed by atoms with Gasteiger partial charge in [0.15, 0.2) is 0 Å². The number of benzene rings is 1. The molecule has 3 N–H and O–H groups in total. The quantitative estimate of drug-likeness (QED) is 0.791. The van der Waals surface area contributed by atoms with E-state index in [1.54, 1.807) is 4.90 Å². The van der Waals surface area contributed by atoms with Crippen LogP contribution in [0.15, 0.2) is 18.2 Å².